The Morgan fingerprint density at radius 1 is 0.905 bits per heavy atom. The number of hydrogen-bond acceptors (Lipinski definition) is 2. The molecule has 2 heteroatoms. The zero-order valence-corrected chi connectivity index (χ0v) is 14.0. The lowest BCUT2D eigenvalue weighted by atomic mass is 9.79. The lowest BCUT2D eigenvalue weighted by Crippen LogP contribution is -2.15. The van der Waals surface area contributed by atoms with Gasteiger partial charge in [0, 0.05) is 18.3 Å². The van der Waals surface area contributed by atoms with Crippen LogP contribution < -0.4 is 0 Å². The van der Waals surface area contributed by atoms with Crippen molar-refractivity contribution in [3.8, 4) is 0 Å². The van der Waals surface area contributed by atoms with Gasteiger partial charge in [-0.15, -0.1) is 0 Å². The summed E-state index contributed by atoms with van der Waals surface area (Å²) in [5.74, 6) is 2.68. The maximum absolute atomic E-state index is 4.58. The molecule has 1 heterocycles. The van der Waals surface area contributed by atoms with Crippen molar-refractivity contribution < 1.29 is 0 Å². The van der Waals surface area contributed by atoms with Gasteiger partial charge in [0.05, 0.1) is 0 Å². The largest absolute Gasteiger partial charge is 0.241 e. The monoisotopic (exact) mass is 288 g/mol. The van der Waals surface area contributed by atoms with Crippen LogP contribution in [0.3, 0.4) is 0 Å². The number of hydrogen-bond donors (Lipinski definition) is 0. The Balaban J connectivity index is 1.67. The first-order valence-corrected chi connectivity index (χ1v) is 9.14. The number of unbranched alkanes of at least 4 members (excludes halogenated alkanes) is 4. The van der Waals surface area contributed by atoms with E-state index in [1.807, 2.05) is 12.4 Å². The fourth-order valence-electron chi connectivity index (χ4n) is 3.50. The van der Waals surface area contributed by atoms with Crippen LogP contribution >= 0.6 is 0 Å². The molecule has 2 rings (SSSR count). The van der Waals surface area contributed by atoms with Crippen molar-refractivity contribution in [3.63, 3.8) is 0 Å². The van der Waals surface area contributed by atoms with E-state index in [0.29, 0.717) is 5.92 Å². The van der Waals surface area contributed by atoms with E-state index in [2.05, 4.69) is 23.8 Å². The van der Waals surface area contributed by atoms with Gasteiger partial charge in [0.25, 0.3) is 0 Å². The lowest BCUT2D eigenvalue weighted by Gasteiger charge is -2.27. The third kappa shape index (κ3) is 5.41. The van der Waals surface area contributed by atoms with Gasteiger partial charge >= 0.3 is 0 Å². The van der Waals surface area contributed by atoms with Crippen LogP contribution in [0.1, 0.15) is 95.4 Å². The number of aryl methyl sites for hydroxylation is 1. The Bertz CT molecular complexity index is 377. The van der Waals surface area contributed by atoms with Crippen LogP contribution in [0.15, 0.2) is 12.4 Å². The van der Waals surface area contributed by atoms with E-state index in [0.717, 1.165) is 18.2 Å². The summed E-state index contributed by atoms with van der Waals surface area (Å²) in [6.45, 7) is 4.44. The third-order valence-corrected chi connectivity index (χ3v) is 5.06. The van der Waals surface area contributed by atoms with Gasteiger partial charge in [-0.25, -0.2) is 9.97 Å². The molecule has 0 amide bonds. The molecule has 1 aromatic rings. The van der Waals surface area contributed by atoms with Crippen molar-refractivity contribution in [3.05, 3.63) is 23.8 Å². The van der Waals surface area contributed by atoms with Crippen LogP contribution in [0.5, 0.6) is 0 Å². The Morgan fingerprint density at radius 2 is 1.57 bits per heavy atom. The molecule has 0 unspecified atom stereocenters. The molecule has 1 aliphatic rings. The van der Waals surface area contributed by atoms with Crippen molar-refractivity contribution >= 4 is 0 Å². The zero-order chi connectivity index (χ0) is 14.9. The summed E-state index contributed by atoms with van der Waals surface area (Å²) in [6.07, 6.45) is 19.0. The third-order valence-electron chi connectivity index (χ3n) is 5.06. The molecule has 0 aliphatic heterocycles. The van der Waals surface area contributed by atoms with Crippen LogP contribution in [0.4, 0.5) is 0 Å². The van der Waals surface area contributed by atoms with Gasteiger partial charge in [-0.2, -0.15) is 0 Å². The van der Waals surface area contributed by atoms with Crippen LogP contribution in [0.2, 0.25) is 0 Å². The molecule has 1 aliphatic carbocycles. The Morgan fingerprint density at radius 3 is 2.19 bits per heavy atom. The van der Waals surface area contributed by atoms with Crippen molar-refractivity contribution in [2.24, 2.45) is 5.92 Å². The smallest absolute Gasteiger partial charge is 0.131 e. The first-order valence-electron chi connectivity index (χ1n) is 9.14. The molecule has 1 saturated carbocycles. The minimum Gasteiger partial charge on any atom is -0.241 e. The predicted octanol–water partition coefficient (Wildman–Crippen LogP) is 5.67. The van der Waals surface area contributed by atoms with Gasteiger partial charge in [-0.05, 0) is 43.6 Å². The molecule has 1 aromatic heterocycles. The topological polar surface area (TPSA) is 25.8 Å². The highest BCUT2D eigenvalue weighted by atomic mass is 14.9. The molecule has 118 valence electrons. The Labute approximate surface area is 130 Å². The van der Waals surface area contributed by atoms with Gasteiger partial charge in [-0.1, -0.05) is 52.4 Å². The van der Waals surface area contributed by atoms with Crippen LogP contribution in [-0.4, -0.2) is 9.97 Å². The number of nitrogens with zero attached hydrogens (tertiary/aromatic N) is 2. The molecule has 2 nitrogen and oxygen atoms in total. The van der Waals surface area contributed by atoms with Gasteiger partial charge in [-0.3, -0.25) is 0 Å². The molecule has 0 radical (unpaired) electrons. The predicted molar refractivity (Wildman–Crippen MR) is 89.5 cm³/mol. The SMILES string of the molecule is CCCCCCC[C@H]1CC[C@H](c2ncc(CC)cn2)CC1. The molecule has 0 saturated heterocycles. The highest BCUT2D eigenvalue weighted by Gasteiger charge is 2.23. The highest BCUT2D eigenvalue weighted by Crippen LogP contribution is 2.36. The van der Waals surface area contributed by atoms with Crippen molar-refractivity contribution in [1.29, 1.82) is 0 Å². The summed E-state index contributed by atoms with van der Waals surface area (Å²) < 4.78 is 0. The number of rotatable bonds is 8. The Kier molecular flexibility index (Phi) is 7.18. The van der Waals surface area contributed by atoms with E-state index < -0.39 is 0 Å². The minimum atomic E-state index is 0.618. The van der Waals surface area contributed by atoms with Gasteiger partial charge < -0.3 is 0 Å². The first kappa shape index (κ1) is 16.5. The second-order valence-electron chi connectivity index (χ2n) is 6.72. The summed E-state index contributed by atoms with van der Waals surface area (Å²) in [7, 11) is 0. The zero-order valence-electron chi connectivity index (χ0n) is 14.0. The van der Waals surface area contributed by atoms with E-state index in [1.165, 1.54) is 69.8 Å². The molecule has 0 bridgehead atoms. The van der Waals surface area contributed by atoms with E-state index in [9.17, 15) is 0 Å². The fourth-order valence-corrected chi connectivity index (χ4v) is 3.50. The molecule has 0 N–H and O–H groups in total. The molecule has 0 atom stereocenters. The van der Waals surface area contributed by atoms with Crippen LogP contribution in [0, 0.1) is 5.92 Å². The van der Waals surface area contributed by atoms with Gasteiger partial charge in [0.1, 0.15) is 5.82 Å². The van der Waals surface area contributed by atoms with Crippen molar-refractivity contribution in [2.75, 3.05) is 0 Å². The average molecular weight is 288 g/mol. The minimum absolute atomic E-state index is 0.618. The van der Waals surface area contributed by atoms with Crippen molar-refractivity contribution in [2.45, 2.75) is 90.4 Å². The van der Waals surface area contributed by atoms with Crippen LogP contribution in [0.25, 0.3) is 0 Å². The van der Waals surface area contributed by atoms with Crippen LogP contribution in [-0.2, 0) is 6.42 Å². The quantitative estimate of drug-likeness (QED) is 0.576. The number of aromatic nitrogens is 2. The summed E-state index contributed by atoms with van der Waals surface area (Å²) in [5.41, 5.74) is 1.25. The lowest BCUT2D eigenvalue weighted by molar-refractivity contribution is 0.296. The summed E-state index contributed by atoms with van der Waals surface area (Å²) in [4.78, 5) is 9.17. The second-order valence-corrected chi connectivity index (χ2v) is 6.72. The summed E-state index contributed by atoms with van der Waals surface area (Å²) in [5, 5.41) is 0. The molecule has 0 aromatic carbocycles. The highest BCUT2D eigenvalue weighted by molar-refractivity contribution is 5.07. The van der Waals surface area contributed by atoms with Crippen molar-refractivity contribution in [1.82, 2.24) is 9.97 Å². The first-order chi connectivity index (χ1) is 10.3. The van der Waals surface area contributed by atoms with Gasteiger partial charge in [0.2, 0.25) is 0 Å². The molecule has 21 heavy (non-hydrogen) atoms. The summed E-state index contributed by atoms with van der Waals surface area (Å²) in [6, 6.07) is 0. The molecular formula is C19H32N2. The second kappa shape index (κ2) is 9.17. The maximum atomic E-state index is 4.58. The van der Waals surface area contributed by atoms with E-state index in [-0.39, 0.29) is 0 Å². The standard InChI is InChI=1S/C19H32N2/c1-3-5-6-7-8-9-17-10-12-18(13-11-17)19-20-14-16(4-2)15-21-19/h14-15,17-18H,3-13H2,1-2H3/t17-,18-. The maximum Gasteiger partial charge on any atom is 0.131 e. The molecule has 1 fully saturated rings. The molecular weight excluding hydrogens is 256 g/mol. The van der Waals surface area contributed by atoms with E-state index >= 15 is 0 Å². The van der Waals surface area contributed by atoms with Gasteiger partial charge in [0.15, 0.2) is 0 Å². The Hall–Kier alpha value is -0.920. The summed E-state index contributed by atoms with van der Waals surface area (Å²) >= 11 is 0. The van der Waals surface area contributed by atoms with E-state index in [4.69, 9.17) is 0 Å². The fraction of sp³-hybridized carbons (Fsp3) is 0.789. The van der Waals surface area contributed by atoms with E-state index in [1.54, 1.807) is 0 Å². The molecule has 0 spiro atoms. The average Bonchev–Trinajstić information content (AvgIpc) is 2.55. The normalized spacial score (nSPS) is 22.4.